The fraction of sp³-hybridized carbons (Fsp3) is 0.429. The van der Waals surface area contributed by atoms with Crippen molar-refractivity contribution in [2.75, 3.05) is 0 Å². The van der Waals surface area contributed by atoms with Gasteiger partial charge in [0, 0.05) is 12.6 Å². The molecule has 15 heavy (non-hydrogen) atoms. The van der Waals surface area contributed by atoms with Crippen LogP contribution in [0.2, 0.25) is 0 Å². The molecule has 0 fully saturated rings. The molecule has 0 saturated carbocycles. The summed E-state index contributed by atoms with van der Waals surface area (Å²) in [4.78, 5) is 0. The summed E-state index contributed by atoms with van der Waals surface area (Å²) in [5.74, 6) is 0. The van der Waals surface area contributed by atoms with Gasteiger partial charge < -0.3 is 5.32 Å². The maximum Gasteiger partial charge on any atom is 0.0224 e. The van der Waals surface area contributed by atoms with Gasteiger partial charge in [-0.15, -0.1) is 0 Å². The summed E-state index contributed by atoms with van der Waals surface area (Å²) in [6.45, 7) is 5.33. The Morgan fingerprint density at radius 3 is 2.67 bits per heavy atom. The third-order valence-electron chi connectivity index (χ3n) is 2.35. The molecule has 1 aromatic carbocycles. The molecule has 1 heteroatoms. The van der Waals surface area contributed by atoms with E-state index in [0.717, 1.165) is 6.54 Å². The zero-order valence-corrected chi connectivity index (χ0v) is 9.74. The highest BCUT2D eigenvalue weighted by Crippen LogP contribution is 1.99. The highest BCUT2D eigenvalue weighted by molar-refractivity contribution is 5.14. The molecule has 0 spiro atoms. The molecule has 0 heterocycles. The van der Waals surface area contributed by atoms with Gasteiger partial charge in [0.05, 0.1) is 0 Å². The van der Waals surface area contributed by atoms with Crippen molar-refractivity contribution >= 4 is 0 Å². The number of rotatable bonds is 6. The number of hydrogen-bond donors (Lipinski definition) is 1. The Labute approximate surface area is 93.2 Å². The zero-order valence-electron chi connectivity index (χ0n) is 9.74. The Kier molecular flexibility index (Phi) is 5.79. The van der Waals surface area contributed by atoms with Gasteiger partial charge in [-0.25, -0.2) is 0 Å². The predicted octanol–water partition coefficient (Wildman–Crippen LogP) is 3.52. The quantitative estimate of drug-likeness (QED) is 0.697. The Morgan fingerprint density at radius 2 is 2.00 bits per heavy atom. The summed E-state index contributed by atoms with van der Waals surface area (Å²) in [5.41, 5.74) is 1.34. The molecule has 1 rings (SSSR count). The molecule has 1 N–H and O–H groups in total. The average molecular weight is 203 g/mol. The second-order valence-corrected chi connectivity index (χ2v) is 3.87. The smallest absolute Gasteiger partial charge is 0.0224 e. The van der Waals surface area contributed by atoms with Crippen LogP contribution in [-0.4, -0.2) is 6.04 Å². The molecule has 0 aliphatic rings. The molecule has 0 saturated heterocycles. The topological polar surface area (TPSA) is 12.0 Å². The van der Waals surface area contributed by atoms with Gasteiger partial charge in [0.15, 0.2) is 0 Å². The van der Waals surface area contributed by atoms with Crippen molar-refractivity contribution in [3.05, 3.63) is 48.0 Å². The third-order valence-corrected chi connectivity index (χ3v) is 2.35. The number of unbranched alkanes of at least 4 members (excludes halogenated alkanes) is 1. The van der Waals surface area contributed by atoms with E-state index in [1.54, 1.807) is 0 Å². The van der Waals surface area contributed by atoms with E-state index in [1.165, 1.54) is 18.4 Å². The second kappa shape index (κ2) is 7.24. The molecule has 0 aliphatic carbocycles. The van der Waals surface area contributed by atoms with Crippen LogP contribution in [-0.2, 0) is 6.54 Å². The average Bonchev–Trinajstić information content (AvgIpc) is 2.28. The number of benzene rings is 1. The molecule has 0 aliphatic heterocycles. The SMILES string of the molecule is CCC/C=C/C(C)NCc1ccccc1. The molecule has 82 valence electrons. The lowest BCUT2D eigenvalue weighted by Crippen LogP contribution is -2.23. The minimum atomic E-state index is 0.455. The molecule has 1 atom stereocenters. The van der Waals surface area contributed by atoms with Crippen molar-refractivity contribution in [3.8, 4) is 0 Å². The van der Waals surface area contributed by atoms with Crippen LogP contribution in [0.25, 0.3) is 0 Å². The summed E-state index contributed by atoms with van der Waals surface area (Å²) in [6.07, 6.45) is 6.90. The van der Waals surface area contributed by atoms with Gasteiger partial charge in [-0.1, -0.05) is 55.8 Å². The van der Waals surface area contributed by atoms with Crippen LogP contribution in [0.3, 0.4) is 0 Å². The maximum atomic E-state index is 3.47. The molecular weight excluding hydrogens is 182 g/mol. The van der Waals surface area contributed by atoms with Crippen LogP contribution in [0, 0.1) is 0 Å². The summed E-state index contributed by atoms with van der Waals surface area (Å²) in [5, 5.41) is 3.47. The van der Waals surface area contributed by atoms with Crippen molar-refractivity contribution in [2.24, 2.45) is 0 Å². The van der Waals surface area contributed by atoms with E-state index in [1.807, 2.05) is 6.07 Å². The minimum absolute atomic E-state index is 0.455. The lowest BCUT2D eigenvalue weighted by atomic mass is 10.2. The first kappa shape index (κ1) is 12.0. The predicted molar refractivity (Wildman–Crippen MR) is 66.8 cm³/mol. The van der Waals surface area contributed by atoms with Gasteiger partial charge in [-0.05, 0) is 18.9 Å². The standard InChI is InChI=1S/C14H21N/c1-3-4-6-9-13(2)15-12-14-10-7-5-8-11-14/h5-11,13,15H,3-4,12H2,1-2H3/b9-6+. The van der Waals surface area contributed by atoms with E-state index in [0.29, 0.717) is 6.04 Å². The first-order chi connectivity index (χ1) is 7.33. The number of allylic oxidation sites excluding steroid dienone is 1. The monoisotopic (exact) mass is 203 g/mol. The second-order valence-electron chi connectivity index (χ2n) is 3.87. The third kappa shape index (κ3) is 5.38. The highest BCUT2D eigenvalue weighted by Gasteiger charge is 1.95. The molecule has 1 aromatic rings. The number of hydrogen-bond acceptors (Lipinski definition) is 1. The first-order valence-electron chi connectivity index (χ1n) is 5.77. The van der Waals surface area contributed by atoms with E-state index < -0.39 is 0 Å². The van der Waals surface area contributed by atoms with E-state index in [9.17, 15) is 0 Å². The van der Waals surface area contributed by atoms with Crippen LogP contribution in [0.4, 0.5) is 0 Å². The minimum Gasteiger partial charge on any atom is -0.307 e. The summed E-state index contributed by atoms with van der Waals surface area (Å²) >= 11 is 0. The highest BCUT2D eigenvalue weighted by atomic mass is 14.9. The van der Waals surface area contributed by atoms with Crippen LogP contribution in [0.15, 0.2) is 42.5 Å². The van der Waals surface area contributed by atoms with Crippen molar-refractivity contribution in [3.63, 3.8) is 0 Å². The fourth-order valence-electron chi connectivity index (χ4n) is 1.41. The van der Waals surface area contributed by atoms with Crippen molar-refractivity contribution in [1.82, 2.24) is 5.32 Å². The molecule has 0 amide bonds. The van der Waals surface area contributed by atoms with E-state index in [-0.39, 0.29) is 0 Å². The van der Waals surface area contributed by atoms with E-state index in [4.69, 9.17) is 0 Å². The molecule has 0 bridgehead atoms. The Hall–Kier alpha value is -1.08. The van der Waals surface area contributed by atoms with Gasteiger partial charge in [0.1, 0.15) is 0 Å². The number of nitrogens with one attached hydrogen (secondary N) is 1. The molecule has 1 unspecified atom stereocenters. The lowest BCUT2D eigenvalue weighted by Gasteiger charge is -2.09. The summed E-state index contributed by atoms with van der Waals surface area (Å²) < 4.78 is 0. The van der Waals surface area contributed by atoms with Crippen LogP contribution < -0.4 is 5.32 Å². The van der Waals surface area contributed by atoms with Crippen molar-refractivity contribution < 1.29 is 0 Å². The lowest BCUT2D eigenvalue weighted by molar-refractivity contribution is 0.631. The Bertz CT molecular complexity index is 277. The van der Waals surface area contributed by atoms with Gasteiger partial charge in [-0.3, -0.25) is 0 Å². The van der Waals surface area contributed by atoms with E-state index >= 15 is 0 Å². The Morgan fingerprint density at radius 1 is 1.27 bits per heavy atom. The normalized spacial score (nSPS) is 13.2. The van der Waals surface area contributed by atoms with Crippen molar-refractivity contribution in [2.45, 2.75) is 39.3 Å². The summed E-state index contributed by atoms with van der Waals surface area (Å²) in [6, 6.07) is 11.0. The molecule has 0 radical (unpaired) electrons. The first-order valence-corrected chi connectivity index (χ1v) is 5.77. The summed E-state index contributed by atoms with van der Waals surface area (Å²) in [7, 11) is 0. The van der Waals surface area contributed by atoms with Gasteiger partial charge in [0.25, 0.3) is 0 Å². The van der Waals surface area contributed by atoms with Crippen LogP contribution in [0.1, 0.15) is 32.3 Å². The Balaban J connectivity index is 2.25. The largest absolute Gasteiger partial charge is 0.307 e. The fourth-order valence-corrected chi connectivity index (χ4v) is 1.41. The van der Waals surface area contributed by atoms with Gasteiger partial charge in [-0.2, -0.15) is 0 Å². The van der Waals surface area contributed by atoms with Crippen LogP contribution in [0.5, 0.6) is 0 Å². The van der Waals surface area contributed by atoms with Gasteiger partial charge >= 0.3 is 0 Å². The van der Waals surface area contributed by atoms with Crippen molar-refractivity contribution in [1.29, 1.82) is 0 Å². The molecular formula is C14H21N. The molecule has 0 aromatic heterocycles. The van der Waals surface area contributed by atoms with E-state index in [2.05, 4.69) is 55.6 Å². The van der Waals surface area contributed by atoms with Gasteiger partial charge in [0.2, 0.25) is 0 Å². The molecule has 1 nitrogen and oxygen atoms in total. The zero-order chi connectivity index (χ0) is 10.9. The van der Waals surface area contributed by atoms with Crippen LogP contribution >= 0.6 is 0 Å². The maximum absolute atomic E-state index is 3.47.